The van der Waals surface area contributed by atoms with Crippen LogP contribution in [0.3, 0.4) is 0 Å². The third kappa shape index (κ3) is 4.14. The summed E-state index contributed by atoms with van der Waals surface area (Å²) in [5, 5.41) is 0. The van der Waals surface area contributed by atoms with Crippen molar-refractivity contribution in [2.24, 2.45) is 0 Å². The Morgan fingerprint density at radius 2 is 1.81 bits per heavy atom. The molecule has 0 aromatic heterocycles. The van der Waals surface area contributed by atoms with E-state index in [1.165, 1.54) is 18.2 Å². The molecule has 1 aliphatic heterocycles. The van der Waals surface area contributed by atoms with Gasteiger partial charge in [-0.25, -0.2) is 9.18 Å². The number of nitrogens with zero attached hydrogens (tertiary/aromatic N) is 1. The number of halogens is 1. The molecule has 1 amide bonds. The predicted octanol–water partition coefficient (Wildman–Crippen LogP) is 2.99. The molecule has 1 heterocycles. The maximum Gasteiger partial charge on any atom is 0.338 e. The first-order valence-electron chi connectivity index (χ1n) is 8.36. The van der Waals surface area contributed by atoms with E-state index in [2.05, 4.69) is 0 Å². The van der Waals surface area contributed by atoms with Gasteiger partial charge in [0.25, 0.3) is 0 Å². The smallest absolute Gasteiger partial charge is 0.338 e. The van der Waals surface area contributed by atoms with Crippen molar-refractivity contribution in [3.63, 3.8) is 0 Å². The lowest BCUT2D eigenvalue weighted by Gasteiger charge is -2.15. The van der Waals surface area contributed by atoms with Crippen molar-refractivity contribution < 1.29 is 23.5 Å². The zero-order valence-electron chi connectivity index (χ0n) is 14.1. The van der Waals surface area contributed by atoms with E-state index in [1.54, 1.807) is 35.2 Å². The molecule has 6 heteroatoms. The van der Waals surface area contributed by atoms with Gasteiger partial charge in [-0.3, -0.25) is 9.59 Å². The molecule has 1 aliphatic rings. The van der Waals surface area contributed by atoms with E-state index >= 15 is 0 Å². The van der Waals surface area contributed by atoms with Crippen molar-refractivity contribution in [2.75, 3.05) is 13.2 Å². The number of carbonyl (C=O) groups excluding carboxylic acids is 3. The van der Waals surface area contributed by atoms with E-state index in [1.807, 2.05) is 0 Å². The van der Waals surface area contributed by atoms with Crippen LogP contribution in [-0.4, -0.2) is 35.7 Å². The highest BCUT2D eigenvalue weighted by Crippen LogP contribution is 2.15. The molecule has 0 unspecified atom stereocenters. The summed E-state index contributed by atoms with van der Waals surface area (Å²) in [5.74, 6) is -1.76. The molecular weight excluding hydrogens is 337 g/mol. The first kappa shape index (κ1) is 17.8. The number of hydrogen-bond donors (Lipinski definition) is 0. The molecule has 2 aromatic carbocycles. The standard InChI is InChI=1S/C20H18FNO4/c21-17-5-2-1-4-16(17)18(23)13-26-20(25)15-9-7-14(8-10-15)12-22-11-3-6-19(22)24/h1-2,4-5,7-10H,3,6,11-13H2. The van der Waals surface area contributed by atoms with Crippen molar-refractivity contribution in [3.8, 4) is 0 Å². The average Bonchev–Trinajstić information content (AvgIpc) is 3.05. The number of ketones is 1. The van der Waals surface area contributed by atoms with Crippen LogP contribution in [-0.2, 0) is 16.1 Å². The van der Waals surface area contributed by atoms with Gasteiger partial charge in [0, 0.05) is 19.5 Å². The minimum absolute atomic E-state index is 0.106. The van der Waals surface area contributed by atoms with Crippen LogP contribution in [0.2, 0.25) is 0 Å². The fourth-order valence-corrected chi connectivity index (χ4v) is 2.82. The Balaban J connectivity index is 1.55. The van der Waals surface area contributed by atoms with Gasteiger partial charge in [-0.15, -0.1) is 0 Å². The number of rotatable bonds is 6. The summed E-state index contributed by atoms with van der Waals surface area (Å²) in [5.41, 5.74) is 1.10. The number of likely N-dealkylation sites (tertiary alicyclic amines) is 1. The molecule has 1 fully saturated rings. The molecule has 26 heavy (non-hydrogen) atoms. The monoisotopic (exact) mass is 355 g/mol. The number of hydrogen-bond acceptors (Lipinski definition) is 4. The van der Waals surface area contributed by atoms with Crippen LogP contribution in [0.15, 0.2) is 48.5 Å². The van der Waals surface area contributed by atoms with Crippen molar-refractivity contribution >= 4 is 17.7 Å². The lowest BCUT2D eigenvalue weighted by atomic mass is 10.1. The van der Waals surface area contributed by atoms with E-state index in [4.69, 9.17) is 4.74 Å². The highest BCUT2D eigenvalue weighted by Gasteiger charge is 2.20. The maximum absolute atomic E-state index is 13.5. The highest BCUT2D eigenvalue weighted by atomic mass is 19.1. The summed E-state index contributed by atoms with van der Waals surface area (Å²) >= 11 is 0. The lowest BCUT2D eigenvalue weighted by Crippen LogP contribution is -2.23. The first-order valence-corrected chi connectivity index (χ1v) is 8.36. The third-order valence-electron chi connectivity index (χ3n) is 4.24. The summed E-state index contributed by atoms with van der Waals surface area (Å²) in [4.78, 5) is 37.4. The van der Waals surface area contributed by atoms with Crippen molar-refractivity contribution in [3.05, 3.63) is 71.0 Å². The van der Waals surface area contributed by atoms with Gasteiger partial charge in [-0.2, -0.15) is 0 Å². The summed E-state index contributed by atoms with van der Waals surface area (Å²) in [6, 6.07) is 12.2. The molecule has 0 bridgehead atoms. The van der Waals surface area contributed by atoms with Gasteiger partial charge < -0.3 is 9.64 Å². The largest absolute Gasteiger partial charge is 0.454 e. The van der Waals surface area contributed by atoms with E-state index in [-0.39, 0.29) is 11.5 Å². The van der Waals surface area contributed by atoms with E-state index in [0.717, 1.165) is 18.5 Å². The van der Waals surface area contributed by atoms with E-state index in [9.17, 15) is 18.8 Å². The SMILES string of the molecule is O=C(OCC(=O)c1ccccc1F)c1ccc(CN2CCCC2=O)cc1. The molecule has 0 radical (unpaired) electrons. The van der Waals surface area contributed by atoms with Crippen LogP contribution in [0.25, 0.3) is 0 Å². The Hall–Kier alpha value is -3.02. The van der Waals surface area contributed by atoms with Crippen molar-refractivity contribution in [1.82, 2.24) is 4.90 Å². The molecule has 2 aromatic rings. The fraction of sp³-hybridized carbons (Fsp3) is 0.250. The van der Waals surface area contributed by atoms with Crippen LogP contribution >= 0.6 is 0 Å². The zero-order valence-corrected chi connectivity index (χ0v) is 14.1. The number of benzene rings is 2. The quantitative estimate of drug-likeness (QED) is 0.590. The molecule has 0 saturated carbocycles. The second-order valence-corrected chi connectivity index (χ2v) is 6.09. The number of carbonyl (C=O) groups is 3. The molecular formula is C20H18FNO4. The van der Waals surface area contributed by atoms with Gasteiger partial charge >= 0.3 is 5.97 Å². The van der Waals surface area contributed by atoms with Gasteiger partial charge in [0.05, 0.1) is 11.1 Å². The van der Waals surface area contributed by atoms with Gasteiger partial charge in [-0.05, 0) is 36.2 Å². The minimum atomic E-state index is -0.654. The van der Waals surface area contributed by atoms with Crippen LogP contribution < -0.4 is 0 Å². The van der Waals surface area contributed by atoms with Crippen LogP contribution in [0.4, 0.5) is 4.39 Å². The zero-order chi connectivity index (χ0) is 18.5. The summed E-state index contributed by atoms with van der Waals surface area (Å²) in [7, 11) is 0. The topological polar surface area (TPSA) is 63.7 Å². The molecule has 3 rings (SSSR count). The van der Waals surface area contributed by atoms with Crippen LogP contribution in [0.1, 0.15) is 39.1 Å². The minimum Gasteiger partial charge on any atom is -0.454 e. The molecule has 134 valence electrons. The van der Waals surface area contributed by atoms with Gasteiger partial charge in [0.2, 0.25) is 11.7 Å². The lowest BCUT2D eigenvalue weighted by molar-refractivity contribution is -0.128. The average molecular weight is 355 g/mol. The van der Waals surface area contributed by atoms with Crippen molar-refractivity contribution in [1.29, 1.82) is 0 Å². The summed E-state index contributed by atoms with van der Waals surface area (Å²) in [6.07, 6.45) is 1.46. The number of esters is 1. The Labute approximate surface area is 150 Å². The first-order chi connectivity index (χ1) is 12.5. The fourth-order valence-electron chi connectivity index (χ4n) is 2.82. The molecule has 1 saturated heterocycles. The van der Waals surface area contributed by atoms with E-state index in [0.29, 0.717) is 18.5 Å². The Kier molecular flexibility index (Phi) is 5.41. The van der Waals surface area contributed by atoms with Gasteiger partial charge in [0.15, 0.2) is 6.61 Å². The van der Waals surface area contributed by atoms with Crippen molar-refractivity contribution in [2.45, 2.75) is 19.4 Å². The number of Topliss-reactive ketones (excluding diaryl/α,β-unsaturated/α-hetero) is 1. The van der Waals surface area contributed by atoms with Gasteiger partial charge in [0.1, 0.15) is 5.82 Å². The van der Waals surface area contributed by atoms with Gasteiger partial charge in [-0.1, -0.05) is 24.3 Å². The second-order valence-electron chi connectivity index (χ2n) is 6.09. The maximum atomic E-state index is 13.5. The van der Waals surface area contributed by atoms with Crippen LogP contribution in [0, 0.1) is 5.82 Å². The normalized spacial score (nSPS) is 13.7. The molecule has 5 nitrogen and oxygen atoms in total. The Morgan fingerprint density at radius 1 is 1.08 bits per heavy atom. The summed E-state index contributed by atoms with van der Waals surface area (Å²) < 4.78 is 18.5. The van der Waals surface area contributed by atoms with Crippen LogP contribution in [0.5, 0.6) is 0 Å². The predicted molar refractivity (Wildman–Crippen MR) is 92.1 cm³/mol. The number of amides is 1. The summed E-state index contributed by atoms with van der Waals surface area (Å²) in [6.45, 7) is 0.741. The third-order valence-corrected chi connectivity index (χ3v) is 4.24. The molecule has 0 atom stereocenters. The Bertz CT molecular complexity index is 832. The number of ether oxygens (including phenoxy) is 1. The molecule has 0 aliphatic carbocycles. The Morgan fingerprint density at radius 3 is 2.46 bits per heavy atom. The molecule has 0 spiro atoms. The highest BCUT2D eigenvalue weighted by molar-refractivity contribution is 5.99. The van der Waals surface area contributed by atoms with E-state index < -0.39 is 24.2 Å². The second kappa shape index (κ2) is 7.91. The molecule has 0 N–H and O–H groups in total.